The van der Waals surface area contributed by atoms with Crippen molar-refractivity contribution >= 4 is 28.9 Å². The summed E-state index contributed by atoms with van der Waals surface area (Å²) in [7, 11) is 3.06. The van der Waals surface area contributed by atoms with Gasteiger partial charge in [0, 0.05) is 17.1 Å². The van der Waals surface area contributed by atoms with Gasteiger partial charge in [0.05, 0.1) is 17.3 Å². The first kappa shape index (κ1) is 23.5. The summed E-state index contributed by atoms with van der Waals surface area (Å²) < 4.78 is 0. The maximum Gasteiger partial charge on any atom is 0.255 e. The van der Waals surface area contributed by atoms with Gasteiger partial charge in [0.1, 0.15) is 22.8 Å². The van der Waals surface area contributed by atoms with Crippen LogP contribution in [0.5, 0.6) is 5.75 Å². The standard InChI is InChI=1S/C23H25N3O8/c1-8(25-34)10-4-5-13(27)15-11(10)6-9-7-12-17(26(2)3)19(29)16(22(24)32)21(31)23(12,33)20(30)14(9)18(15)28/h4-5,9,12,17,27-28,31,33-34H,6-7H2,1-3H3,(H2,24,32)/b25-8-/t9?,12?,17-,23-/m0/s1. The van der Waals surface area contributed by atoms with Crippen LogP contribution in [0.4, 0.5) is 0 Å². The number of nitrogens with two attached hydrogens (primary N) is 1. The number of fused-ring (bicyclic) bond motifs is 3. The molecule has 0 spiro atoms. The SMILES string of the molecule is C/C(=N/O)c1ccc(O)c2c1CC1CC3[C@H](N(C)C)C(=O)C(C(N)=O)=C(O)[C@@]3(O)C(=O)C1=C2O. The Labute approximate surface area is 194 Å². The number of aliphatic hydroxyl groups is 3. The van der Waals surface area contributed by atoms with E-state index >= 15 is 0 Å². The summed E-state index contributed by atoms with van der Waals surface area (Å²) in [6.45, 7) is 1.53. The summed E-state index contributed by atoms with van der Waals surface area (Å²) in [6.07, 6.45) is 0.0985. The highest BCUT2D eigenvalue weighted by molar-refractivity contribution is 6.24. The highest BCUT2D eigenvalue weighted by Crippen LogP contribution is 2.52. The normalized spacial score (nSPS) is 29.2. The molecule has 1 aromatic rings. The van der Waals surface area contributed by atoms with Crippen LogP contribution in [0.25, 0.3) is 5.76 Å². The van der Waals surface area contributed by atoms with Crippen molar-refractivity contribution in [2.75, 3.05) is 14.1 Å². The minimum absolute atomic E-state index is 0.0177. The molecule has 2 unspecified atom stereocenters. The molecule has 1 saturated carbocycles. The summed E-state index contributed by atoms with van der Waals surface area (Å²) in [5.41, 5.74) is 2.55. The van der Waals surface area contributed by atoms with Gasteiger partial charge < -0.3 is 31.4 Å². The number of carbonyl (C=O) groups excluding carboxylic acids is 3. The second-order valence-corrected chi connectivity index (χ2v) is 9.13. The van der Waals surface area contributed by atoms with Crippen LogP contribution >= 0.6 is 0 Å². The number of oxime groups is 1. The van der Waals surface area contributed by atoms with Crippen molar-refractivity contribution in [3.8, 4) is 5.75 Å². The average Bonchev–Trinajstić information content (AvgIpc) is 2.75. The molecular weight excluding hydrogens is 446 g/mol. The van der Waals surface area contributed by atoms with Crippen LogP contribution in [-0.2, 0) is 20.8 Å². The number of hydrogen-bond acceptors (Lipinski definition) is 10. The van der Waals surface area contributed by atoms with E-state index in [-0.39, 0.29) is 35.4 Å². The largest absolute Gasteiger partial charge is 0.508 e. The number of phenolic OH excluding ortho intramolecular Hbond substituents is 1. The van der Waals surface area contributed by atoms with E-state index in [0.717, 1.165) is 0 Å². The Hall–Kier alpha value is -3.70. The summed E-state index contributed by atoms with van der Waals surface area (Å²) in [4.78, 5) is 40.1. The fraction of sp³-hybridized carbons (Fsp3) is 0.391. The Morgan fingerprint density at radius 2 is 1.85 bits per heavy atom. The van der Waals surface area contributed by atoms with E-state index in [4.69, 9.17) is 5.73 Å². The Balaban J connectivity index is 2.00. The van der Waals surface area contributed by atoms with Crippen molar-refractivity contribution < 1.29 is 40.0 Å². The first-order chi connectivity index (χ1) is 15.9. The first-order valence-electron chi connectivity index (χ1n) is 10.6. The molecule has 0 heterocycles. The molecule has 11 nitrogen and oxygen atoms in total. The predicted molar refractivity (Wildman–Crippen MR) is 118 cm³/mol. The lowest BCUT2D eigenvalue weighted by Gasteiger charge is -2.50. The monoisotopic (exact) mass is 471 g/mol. The van der Waals surface area contributed by atoms with Crippen LogP contribution in [0.1, 0.15) is 30.0 Å². The molecule has 0 aromatic heterocycles. The molecule has 3 aliphatic carbocycles. The second kappa shape index (κ2) is 7.67. The van der Waals surface area contributed by atoms with E-state index in [9.17, 15) is 40.0 Å². The van der Waals surface area contributed by atoms with Gasteiger partial charge in [0.2, 0.25) is 5.78 Å². The quantitative estimate of drug-likeness (QED) is 0.154. The average molecular weight is 471 g/mol. The number of phenols is 1. The van der Waals surface area contributed by atoms with Gasteiger partial charge in [-0.1, -0.05) is 5.16 Å². The molecule has 11 heteroatoms. The number of rotatable bonds is 3. The third kappa shape index (κ3) is 2.90. The number of ketones is 2. The van der Waals surface area contributed by atoms with Crippen LogP contribution in [0.2, 0.25) is 0 Å². The Morgan fingerprint density at radius 3 is 2.41 bits per heavy atom. The lowest BCUT2D eigenvalue weighted by molar-refractivity contribution is -0.153. The number of aromatic hydroxyl groups is 1. The number of nitrogens with zero attached hydrogens (tertiary/aromatic N) is 2. The van der Waals surface area contributed by atoms with Crippen molar-refractivity contribution in [3.05, 3.63) is 45.7 Å². The summed E-state index contributed by atoms with van der Waals surface area (Å²) in [6, 6.07) is 1.64. The minimum atomic E-state index is -2.68. The molecule has 0 saturated heterocycles. The second-order valence-electron chi connectivity index (χ2n) is 9.13. The number of hydrogen-bond donors (Lipinski definition) is 6. The zero-order chi connectivity index (χ0) is 25.3. The van der Waals surface area contributed by atoms with Gasteiger partial charge in [-0.25, -0.2) is 0 Å². The fourth-order valence-electron chi connectivity index (χ4n) is 5.64. The van der Waals surface area contributed by atoms with Crippen LogP contribution in [0.15, 0.2) is 34.2 Å². The van der Waals surface area contributed by atoms with Crippen molar-refractivity contribution in [2.24, 2.45) is 22.7 Å². The number of Topliss-reactive ketones (excluding diaryl/α,β-unsaturated/α-hetero) is 2. The number of aliphatic hydroxyl groups excluding tert-OH is 2. The molecule has 4 rings (SSSR count). The molecule has 7 N–H and O–H groups in total. The van der Waals surface area contributed by atoms with Gasteiger partial charge in [-0.05, 0) is 57.5 Å². The Bertz CT molecular complexity index is 1240. The third-order valence-corrected chi connectivity index (χ3v) is 7.14. The number of benzene rings is 1. The van der Waals surface area contributed by atoms with E-state index in [0.29, 0.717) is 11.1 Å². The highest BCUT2D eigenvalue weighted by Gasteiger charge is 2.64. The highest BCUT2D eigenvalue weighted by atomic mass is 16.4. The third-order valence-electron chi connectivity index (χ3n) is 7.14. The van der Waals surface area contributed by atoms with E-state index in [1.165, 1.54) is 38.1 Å². The Morgan fingerprint density at radius 1 is 1.21 bits per heavy atom. The lowest BCUT2D eigenvalue weighted by Crippen LogP contribution is -2.65. The fourth-order valence-corrected chi connectivity index (χ4v) is 5.64. The van der Waals surface area contributed by atoms with Crippen molar-refractivity contribution in [1.29, 1.82) is 0 Å². The van der Waals surface area contributed by atoms with Crippen LogP contribution in [0, 0.1) is 11.8 Å². The zero-order valence-corrected chi connectivity index (χ0v) is 18.7. The van der Waals surface area contributed by atoms with E-state index in [1.807, 2.05) is 0 Å². The molecule has 34 heavy (non-hydrogen) atoms. The van der Waals surface area contributed by atoms with Gasteiger partial charge in [-0.3, -0.25) is 19.3 Å². The van der Waals surface area contributed by atoms with Gasteiger partial charge in [0.15, 0.2) is 11.4 Å². The lowest BCUT2D eigenvalue weighted by atomic mass is 9.57. The maximum absolute atomic E-state index is 13.7. The minimum Gasteiger partial charge on any atom is -0.508 e. The molecule has 1 fully saturated rings. The molecule has 1 amide bonds. The number of likely N-dealkylation sites (N-methyl/N-ethyl adjacent to an activating group) is 1. The van der Waals surface area contributed by atoms with Crippen molar-refractivity contribution in [1.82, 2.24) is 4.90 Å². The number of primary amides is 1. The van der Waals surface area contributed by atoms with Gasteiger partial charge in [0.25, 0.3) is 5.91 Å². The van der Waals surface area contributed by atoms with Gasteiger partial charge in [-0.2, -0.15) is 0 Å². The summed E-state index contributed by atoms with van der Waals surface area (Å²) in [5.74, 6) is -7.10. The number of carbonyl (C=O) groups is 3. The van der Waals surface area contributed by atoms with Gasteiger partial charge in [-0.15, -0.1) is 0 Å². The molecule has 3 aliphatic rings. The first-order valence-corrected chi connectivity index (χ1v) is 10.6. The Kier molecular flexibility index (Phi) is 5.29. The van der Waals surface area contributed by atoms with Crippen LogP contribution in [0.3, 0.4) is 0 Å². The molecular formula is C23H25N3O8. The molecule has 180 valence electrons. The molecule has 0 bridgehead atoms. The predicted octanol–water partition coefficient (Wildman–Crippen LogP) is 0.162. The van der Waals surface area contributed by atoms with E-state index in [1.54, 1.807) is 0 Å². The maximum atomic E-state index is 13.7. The zero-order valence-electron chi connectivity index (χ0n) is 18.7. The van der Waals surface area contributed by atoms with Crippen molar-refractivity contribution in [3.63, 3.8) is 0 Å². The van der Waals surface area contributed by atoms with Crippen LogP contribution < -0.4 is 5.73 Å². The van der Waals surface area contributed by atoms with Crippen molar-refractivity contribution in [2.45, 2.75) is 31.4 Å². The topological polar surface area (TPSA) is 194 Å². The summed E-state index contributed by atoms with van der Waals surface area (Å²) >= 11 is 0. The van der Waals surface area contributed by atoms with E-state index in [2.05, 4.69) is 5.16 Å². The van der Waals surface area contributed by atoms with E-state index < -0.39 is 58.0 Å². The smallest absolute Gasteiger partial charge is 0.255 e. The van der Waals surface area contributed by atoms with Crippen LogP contribution in [-0.4, -0.2) is 79.5 Å². The van der Waals surface area contributed by atoms with Gasteiger partial charge >= 0.3 is 0 Å². The molecule has 0 aliphatic heterocycles. The molecule has 0 radical (unpaired) electrons. The number of amides is 1. The summed E-state index contributed by atoms with van der Waals surface area (Å²) in [5, 5.41) is 56.3. The molecule has 4 atom stereocenters. The molecule has 1 aromatic carbocycles.